The van der Waals surface area contributed by atoms with Gasteiger partial charge in [0.15, 0.2) is 6.61 Å². The molecule has 2 aromatic carbocycles. The molecule has 120 valence electrons. The third kappa shape index (κ3) is 4.61. The average molecular weight is 354 g/mol. The first-order chi connectivity index (χ1) is 10.9. The van der Waals surface area contributed by atoms with E-state index in [4.69, 9.17) is 33.0 Å². The van der Waals surface area contributed by atoms with Crippen LogP contribution in [0, 0.1) is 6.92 Å². The lowest BCUT2D eigenvalue weighted by atomic mass is 10.2. The van der Waals surface area contributed by atoms with Gasteiger partial charge in [0.05, 0.1) is 0 Å². The van der Waals surface area contributed by atoms with Crippen molar-refractivity contribution in [3.05, 3.63) is 57.6 Å². The highest BCUT2D eigenvalue weighted by molar-refractivity contribution is 6.31. The summed E-state index contributed by atoms with van der Waals surface area (Å²) >= 11 is 11.8. The number of carboxylic acid groups (broad SMARTS) is 1. The number of carbonyl (C=O) groups excluding carboxylic acids is 1. The van der Waals surface area contributed by atoms with Crippen LogP contribution < -0.4 is 10.1 Å². The summed E-state index contributed by atoms with van der Waals surface area (Å²) in [5, 5.41) is 12.5. The van der Waals surface area contributed by atoms with Crippen molar-refractivity contribution in [3.8, 4) is 5.75 Å². The predicted octanol–water partition coefficient (Wildman–Crippen LogP) is 4.02. The molecule has 0 heterocycles. The maximum atomic E-state index is 11.9. The molecule has 0 fully saturated rings. The molecule has 7 heteroatoms. The Morgan fingerprint density at radius 3 is 2.57 bits per heavy atom. The number of anilines is 1. The maximum Gasteiger partial charge on any atom is 0.339 e. The lowest BCUT2D eigenvalue weighted by molar-refractivity contribution is -0.118. The smallest absolute Gasteiger partial charge is 0.339 e. The average Bonchev–Trinajstić information content (AvgIpc) is 2.48. The van der Waals surface area contributed by atoms with Crippen molar-refractivity contribution >= 4 is 40.8 Å². The molecule has 2 aromatic rings. The molecule has 0 spiro atoms. The van der Waals surface area contributed by atoms with Crippen LogP contribution in [0.3, 0.4) is 0 Å². The summed E-state index contributed by atoms with van der Waals surface area (Å²) in [5.74, 6) is -1.58. The number of rotatable bonds is 5. The number of ether oxygens (including phenoxy) is 1. The minimum atomic E-state index is -1.16. The predicted molar refractivity (Wildman–Crippen MR) is 88.7 cm³/mol. The number of halogens is 2. The van der Waals surface area contributed by atoms with Crippen molar-refractivity contribution in [3.63, 3.8) is 0 Å². The molecule has 0 saturated heterocycles. The number of benzene rings is 2. The zero-order valence-electron chi connectivity index (χ0n) is 12.1. The number of carbonyl (C=O) groups is 2. The number of aryl methyl sites for hydroxylation is 1. The Hall–Kier alpha value is -2.24. The fraction of sp³-hybridized carbons (Fsp3) is 0.125. The summed E-state index contributed by atoms with van der Waals surface area (Å²) in [5.41, 5.74) is 1.35. The molecule has 0 saturated carbocycles. The zero-order valence-corrected chi connectivity index (χ0v) is 13.6. The van der Waals surface area contributed by atoms with Gasteiger partial charge in [-0.2, -0.15) is 0 Å². The molecule has 0 aliphatic rings. The van der Waals surface area contributed by atoms with E-state index in [-0.39, 0.29) is 17.9 Å². The van der Waals surface area contributed by atoms with Gasteiger partial charge < -0.3 is 15.2 Å². The second kappa shape index (κ2) is 7.35. The van der Waals surface area contributed by atoms with Crippen molar-refractivity contribution in [2.45, 2.75) is 6.92 Å². The van der Waals surface area contributed by atoms with Crippen LogP contribution in [0.25, 0.3) is 0 Å². The molecule has 23 heavy (non-hydrogen) atoms. The van der Waals surface area contributed by atoms with Crippen molar-refractivity contribution < 1.29 is 19.4 Å². The largest absolute Gasteiger partial charge is 0.483 e. The van der Waals surface area contributed by atoms with E-state index < -0.39 is 11.9 Å². The Labute approximate surface area is 142 Å². The van der Waals surface area contributed by atoms with Crippen molar-refractivity contribution in [1.82, 2.24) is 0 Å². The van der Waals surface area contributed by atoms with Crippen LogP contribution in [-0.4, -0.2) is 23.6 Å². The van der Waals surface area contributed by atoms with Gasteiger partial charge in [-0.1, -0.05) is 29.3 Å². The first kappa shape index (κ1) is 17.1. The molecular weight excluding hydrogens is 341 g/mol. The first-order valence-electron chi connectivity index (χ1n) is 6.58. The van der Waals surface area contributed by atoms with Crippen LogP contribution in [0.15, 0.2) is 36.4 Å². The lowest BCUT2D eigenvalue weighted by Crippen LogP contribution is -2.20. The fourth-order valence-electron chi connectivity index (χ4n) is 1.80. The Morgan fingerprint density at radius 1 is 1.17 bits per heavy atom. The molecule has 0 unspecified atom stereocenters. The third-order valence-electron chi connectivity index (χ3n) is 2.99. The van der Waals surface area contributed by atoms with E-state index in [1.165, 1.54) is 18.2 Å². The molecule has 1 amide bonds. The summed E-state index contributed by atoms with van der Waals surface area (Å²) in [6, 6.07) is 9.21. The van der Waals surface area contributed by atoms with Gasteiger partial charge in [-0.15, -0.1) is 0 Å². The summed E-state index contributed by atoms with van der Waals surface area (Å²) in [7, 11) is 0. The van der Waals surface area contributed by atoms with Crippen LogP contribution in [-0.2, 0) is 4.79 Å². The van der Waals surface area contributed by atoms with Crippen LogP contribution in [0.1, 0.15) is 15.9 Å². The standard InChI is InChI=1S/C16H13Cl2NO4/c1-9-2-4-11(7-13(9)18)19-15(20)8-23-14-6-10(17)3-5-12(14)16(21)22/h2-7H,8H2,1H3,(H,19,20)(H,21,22). The van der Waals surface area contributed by atoms with Gasteiger partial charge >= 0.3 is 5.97 Å². The van der Waals surface area contributed by atoms with Crippen LogP contribution >= 0.6 is 23.2 Å². The van der Waals surface area contributed by atoms with E-state index in [2.05, 4.69) is 5.32 Å². The minimum absolute atomic E-state index is 0.0297. The number of aromatic carboxylic acids is 1. The van der Waals surface area contributed by atoms with Gasteiger partial charge in [0.2, 0.25) is 0 Å². The molecule has 0 bridgehead atoms. The van der Waals surface area contributed by atoms with Gasteiger partial charge in [0, 0.05) is 15.7 Å². The quantitative estimate of drug-likeness (QED) is 0.851. The van der Waals surface area contributed by atoms with E-state index in [0.717, 1.165) is 5.56 Å². The van der Waals surface area contributed by atoms with Crippen LogP contribution in [0.4, 0.5) is 5.69 Å². The molecule has 0 atom stereocenters. The normalized spacial score (nSPS) is 10.2. The number of nitrogens with one attached hydrogen (secondary N) is 1. The highest BCUT2D eigenvalue weighted by atomic mass is 35.5. The summed E-state index contributed by atoms with van der Waals surface area (Å²) in [6.07, 6.45) is 0. The highest BCUT2D eigenvalue weighted by Gasteiger charge is 2.13. The van der Waals surface area contributed by atoms with Crippen molar-refractivity contribution in [2.24, 2.45) is 0 Å². The molecule has 5 nitrogen and oxygen atoms in total. The number of hydrogen-bond donors (Lipinski definition) is 2. The molecule has 0 aliphatic heterocycles. The zero-order chi connectivity index (χ0) is 17.0. The fourth-order valence-corrected chi connectivity index (χ4v) is 2.15. The van der Waals surface area contributed by atoms with Crippen molar-refractivity contribution in [1.29, 1.82) is 0 Å². The summed E-state index contributed by atoms with van der Waals surface area (Å²) < 4.78 is 5.26. The topological polar surface area (TPSA) is 75.6 Å². The Bertz CT molecular complexity index is 762. The second-order valence-electron chi connectivity index (χ2n) is 4.75. The van der Waals surface area contributed by atoms with E-state index in [1.807, 2.05) is 6.92 Å². The van der Waals surface area contributed by atoms with Crippen LogP contribution in [0.5, 0.6) is 5.75 Å². The molecule has 2 N–H and O–H groups in total. The van der Waals surface area contributed by atoms with E-state index in [1.54, 1.807) is 18.2 Å². The minimum Gasteiger partial charge on any atom is -0.483 e. The van der Waals surface area contributed by atoms with Gasteiger partial charge in [0.25, 0.3) is 5.91 Å². The van der Waals surface area contributed by atoms with E-state index >= 15 is 0 Å². The Balaban J connectivity index is 2.03. The SMILES string of the molecule is Cc1ccc(NC(=O)COc2cc(Cl)ccc2C(=O)O)cc1Cl. The number of amides is 1. The lowest BCUT2D eigenvalue weighted by Gasteiger charge is -2.10. The summed E-state index contributed by atoms with van der Waals surface area (Å²) in [4.78, 5) is 23.0. The number of carboxylic acids is 1. The monoisotopic (exact) mass is 353 g/mol. The highest BCUT2D eigenvalue weighted by Crippen LogP contribution is 2.24. The second-order valence-corrected chi connectivity index (χ2v) is 5.59. The van der Waals surface area contributed by atoms with E-state index in [9.17, 15) is 9.59 Å². The van der Waals surface area contributed by atoms with Gasteiger partial charge in [0.1, 0.15) is 11.3 Å². The first-order valence-corrected chi connectivity index (χ1v) is 7.34. The molecule has 0 aromatic heterocycles. The van der Waals surface area contributed by atoms with E-state index in [0.29, 0.717) is 15.7 Å². The summed E-state index contributed by atoms with van der Waals surface area (Å²) in [6.45, 7) is 1.50. The van der Waals surface area contributed by atoms with Crippen molar-refractivity contribution in [2.75, 3.05) is 11.9 Å². The molecule has 0 aliphatic carbocycles. The van der Waals surface area contributed by atoms with Gasteiger partial charge in [-0.3, -0.25) is 4.79 Å². The Kier molecular flexibility index (Phi) is 5.47. The van der Waals surface area contributed by atoms with Gasteiger partial charge in [-0.25, -0.2) is 4.79 Å². The van der Waals surface area contributed by atoms with Gasteiger partial charge in [-0.05, 0) is 42.8 Å². The number of hydrogen-bond acceptors (Lipinski definition) is 3. The van der Waals surface area contributed by atoms with Crippen LogP contribution in [0.2, 0.25) is 10.0 Å². The molecule has 0 radical (unpaired) electrons. The molecule has 2 rings (SSSR count). The maximum absolute atomic E-state index is 11.9. The third-order valence-corrected chi connectivity index (χ3v) is 3.63. The Morgan fingerprint density at radius 2 is 1.91 bits per heavy atom. The molecular formula is C16H13Cl2NO4.